The summed E-state index contributed by atoms with van der Waals surface area (Å²) in [6, 6.07) is 28.0. The highest BCUT2D eigenvalue weighted by atomic mass is 16.6. The molecular weight excluding hydrogens is 544 g/mol. The zero-order chi connectivity index (χ0) is 30.2. The van der Waals surface area contributed by atoms with Crippen LogP contribution in [0.1, 0.15) is 30.0 Å². The van der Waals surface area contributed by atoms with Gasteiger partial charge in [0.2, 0.25) is 11.8 Å². The number of carbonyl (C=O) groups excluding carboxylic acids is 4. The molecule has 0 aliphatic carbocycles. The van der Waals surface area contributed by atoms with Gasteiger partial charge in [0.25, 0.3) is 0 Å². The summed E-state index contributed by atoms with van der Waals surface area (Å²) in [5.74, 6) is -2.12. The Bertz CT molecular complexity index is 1440. The standard InChI is InChI=1S/C35H36N2O6/c1-2-28(32(38)36-30(23-42-34(36)40)21-26-14-8-4-9-15-26)18-19-29(20-25-12-6-3-7-13-25)33(39)37-31(24-43-35(37)41)22-27-16-10-5-11-17-27/h3-19,28-31H,2,20-24H2,1H3/b19-18+/t28-,29+,30-,31-/m0/s1. The molecule has 2 aliphatic rings. The summed E-state index contributed by atoms with van der Waals surface area (Å²) in [5, 5.41) is 0. The van der Waals surface area contributed by atoms with E-state index in [-0.39, 0.29) is 25.0 Å². The van der Waals surface area contributed by atoms with Crippen LogP contribution in [0.5, 0.6) is 0 Å². The highest BCUT2D eigenvalue weighted by molar-refractivity contribution is 5.97. The fourth-order valence-corrected chi connectivity index (χ4v) is 5.66. The first-order valence-corrected chi connectivity index (χ1v) is 14.7. The van der Waals surface area contributed by atoms with Crippen LogP contribution >= 0.6 is 0 Å². The molecule has 2 aliphatic heterocycles. The minimum Gasteiger partial charge on any atom is -0.447 e. The molecule has 0 aromatic heterocycles. The number of hydrogen-bond donors (Lipinski definition) is 0. The van der Waals surface area contributed by atoms with Crippen molar-refractivity contribution >= 4 is 24.0 Å². The van der Waals surface area contributed by atoms with Crippen molar-refractivity contribution in [1.82, 2.24) is 9.80 Å². The first-order chi connectivity index (χ1) is 20.9. The average Bonchev–Trinajstić information content (AvgIpc) is 3.58. The van der Waals surface area contributed by atoms with Gasteiger partial charge in [-0.2, -0.15) is 0 Å². The monoisotopic (exact) mass is 580 g/mol. The molecule has 0 N–H and O–H groups in total. The lowest BCUT2D eigenvalue weighted by molar-refractivity contribution is -0.133. The van der Waals surface area contributed by atoms with E-state index in [1.807, 2.05) is 97.9 Å². The second kappa shape index (κ2) is 14.0. The van der Waals surface area contributed by atoms with Crippen molar-refractivity contribution in [2.75, 3.05) is 13.2 Å². The van der Waals surface area contributed by atoms with Crippen LogP contribution in [0.4, 0.5) is 9.59 Å². The molecule has 3 aromatic rings. The van der Waals surface area contributed by atoms with Gasteiger partial charge in [-0.25, -0.2) is 19.4 Å². The van der Waals surface area contributed by atoms with E-state index < -0.39 is 36.1 Å². The molecule has 4 amide bonds. The van der Waals surface area contributed by atoms with Gasteiger partial charge in [0.15, 0.2) is 0 Å². The number of hydrogen-bond acceptors (Lipinski definition) is 6. The van der Waals surface area contributed by atoms with Gasteiger partial charge in [-0.05, 0) is 42.4 Å². The molecule has 8 nitrogen and oxygen atoms in total. The van der Waals surface area contributed by atoms with E-state index in [0.717, 1.165) is 16.7 Å². The maximum absolute atomic E-state index is 14.0. The lowest BCUT2D eigenvalue weighted by atomic mass is 9.93. The lowest BCUT2D eigenvalue weighted by Crippen LogP contribution is -2.44. The summed E-state index contributed by atoms with van der Waals surface area (Å²) in [6.07, 6.45) is 3.83. The fourth-order valence-electron chi connectivity index (χ4n) is 5.66. The van der Waals surface area contributed by atoms with E-state index in [1.165, 1.54) is 9.80 Å². The molecule has 222 valence electrons. The Morgan fingerprint density at radius 1 is 0.674 bits per heavy atom. The molecule has 2 fully saturated rings. The van der Waals surface area contributed by atoms with E-state index in [0.29, 0.717) is 25.7 Å². The van der Waals surface area contributed by atoms with E-state index in [1.54, 1.807) is 12.2 Å². The quantitative estimate of drug-likeness (QED) is 0.274. The number of benzene rings is 3. The SMILES string of the molecule is CC[C@@H](/C=C/[C@H](Cc1ccccc1)C(=O)N1C(=O)OC[C@@H]1Cc1ccccc1)C(=O)N1C(=O)OC[C@@H]1Cc1ccccc1. The molecule has 43 heavy (non-hydrogen) atoms. The maximum atomic E-state index is 14.0. The number of cyclic esters (lactones) is 2. The predicted molar refractivity (Wildman–Crippen MR) is 161 cm³/mol. The molecule has 2 heterocycles. The molecule has 0 unspecified atom stereocenters. The topological polar surface area (TPSA) is 93.2 Å². The van der Waals surface area contributed by atoms with Gasteiger partial charge in [0.1, 0.15) is 13.2 Å². The van der Waals surface area contributed by atoms with Crippen LogP contribution in [0.3, 0.4) is 0 Å². The van der Waals surface area contributed by atoms with Crippen LogP contribution < -0.4 is 0 Å². The van der Waals surface area contributed by atoms with Gasteiger partial charge in [0, 0.05) is 0 Å². The molecule has 3 aromatic carbocycles. The van der Waals surface area contributed by atoms with Crippen LogP contribution in [0, 0.1) is 11.8 Å². The van der Waals surface area contributed by atoms with E-state index >= 15 is 0 Å². The van der Waals surface area contributed by atoms with Crippen LogP contribution in [-0.2, 0) is 38.3 Å². The van der Waals surface area contributed by atoms with Crippen molar-refractivity contribution in [3.05, 3.63) is 120 Å². The fraction of sp³-hybridized carbons (Fsp3) is 0.314. The summed E-state index contributed by atoms with van der Waals surface area (Å²) < 4.78 is 10.6. The zero-order valence-electron chi connectivity index (χ0n) is 24.2. The van der Waals surface area contributed by atoms with Crippen LogP contribution in [-0.4, -0.2) is 59.1 Å². The number of rotatable bonds is 11. The lowest BCUT2D eigenvalue weighted by Gasteiger charge is -2.25. The Balaban J connectivity index is 1.37. The summed E-state index contributed by atoms with van der Waals surface area (Å²) in [6.45, 7) is 2.12. The maximum Gasteiger partial charge on any atom is 0.417 e. The van der Waals surface area contributed by atoms with Gasteiger partial charge in [0.05, 0.1) is 23.9 Å². The largest absolute Gasteiger partial charge is 0.447 e. The number of imide groups is 2. The van der Waals surface area contributed by atoms with Crippen molar-refractivity contribution in [2.45, 2.75) is 44.7 Å². The molecular formula is C35H36N2O6. The number of carbonyl (C=O) groups is 4. The normalized spacial score (nSPS) is 19.7. The van der Waals surface area contributed by atoms with E-state index in [2.05, 4.69) is 0 Å². The number of ether oxygens (including phenoxy) is 2. The molecule has 0 radical (unpaired) electrons. The molecule has 0 spiro atoms. The highest BCUT2D eigenvalue weighted by Crippen LogP contribution is 2.25. The summed E-state index contributed by atoms with van der Waals surface area (Å²) >= 11 is 0. The Morgan fingerprint density at radius 3 is 1.51 bits per heavy atom. The summed E-state index contributed by atoms with van der Waals surface area (Å²) in [4.78, 5) is 55.6. The molecule has 0 saturated carbocycles. The van der Waals surface area contributed by atoms with Crippen LogP contribution in [0.25, 0.3) is 0 Å². The van der Waals surface area contributed by atoms with Crippen molar-refractivity contribution in [1.29, 1.82) is 0 Å². The minimum atomic E-state index is -0.723. The van der Waals surface area contributed by atoms with Crippen molar-refractivity contribution < 1.29 is 28.7 Å². The summed E-state index contributed by atoms with van der Waals surface area (Å²) in [7, 11) is 0. The second-order valence-electron chi connectivity index (χ2n) is 11.0. The minimum absolute atomic E-state index is 0.122. The van der Waals surface area contributed by atoms with Crippen LogP contribution in [0.15, 0.2) is 103 Å². The van der Waals surface area contributed by atoms with E-state index in [4.69, 9.17) is 9.47 Å². The predicted octanol–water partition coefficient (Wildman–Crippen LogP) is 5.61. The molecule has 5 rings (SSSR count). The third-order valence-corrected chi connectivity index (χ3v) is 7.97. The van der Waals surface area contributed by atoms with Gasteiger partial charge in [-0.3, -0.25) is 9.59 Å². The number of nitrogens with zero attached hydrogens (tertiary/aromatic N) is 2. The smallest absolute Gasteiger partial charge is 0.417 e. The Hall–Kier alpha value is -4.72. The first-order valence-electron chi connectivity index (χ1n) is 14.7. The first kappa shape index (κ1) is 29.8. The number of amides is 4. The third-order valence-electron chi connectivity index (χ3n) is 7.97. The van der Waals surface area contributed by atoms with Crippen molar-refractivity contribution in [3.63, 3.8) is 0 Å². The van der Waals surface area contributed by atoms with E-state index in [9.17, 15) is 19.2 Å². The Morgan fingerprint density at radius 2 is 1.07 bits per heavy atom. The van der Waals surface area contributed by atoms with Gasteiger partial charge >= 0.3 is 12.2 Å². The van der Waals surface area contributed by atoms with Gasteiger partial charge in [-0.1, -0.05) is 110 Å². The van der Waals surface area contributed by atoms with Gasteiger partial charge in [-0.15, -0.1) is 0 Å². The van der Waals surface area contributed by atoms with Crippen molar-refractivity contribution in [2.24, 2.45) is 11.8 Å². The highest BCUT2D eigenvalue weighted by Gasteiger charge is 2.42. The zero-order valence-corrected chi connectivity index (χ0v) is 24.2. The van der Waals surface area contributed by atoms with Crippen LogP contribution in [0.2, 0.25) is 0 Å². The Kier molecular flexibility index (Phi) is 9.66. The molecule has 0 bridgehead atoms. The third kappa shape index (κ3) is 7.20. The molecule has 4 atom stereocenters. The van der Waals surface area contributed by atoms with Gasteiger partial charge < -0.3 is 9.47 Å². The molecule has 8 heteroatoms. The van der Waals surface area contributed by atoms with Crippen molar-refractivity contribution in [3.8, 4) is 0 Å². The average molecular weight is 581 g/mol. The molecule has 2 saturated heterocycles. The summed E-state index contributed by atoms with van der Waals surface area (Å²) in [5.41, 5.74) is 2.92. The Labute approximate surface area is 251 Å². The second-order valence-corrected chi connectivity index (χ2v) is 11.0.